The van der Waals surface area contributed by atoms with Crippen molar-refractivity contribution >= 4 is 0 Å². The molecule has 1 saturated heterocycles. The molecule has 3 heteroatoms. The van der Waals surface area contributed by atoms with Gasteiger partial charge in [-0.25, -0.2) is 0 Å². The van der Waals surface area contributed by atoms with E-state index in [1.54, 1.807) is 0 Å². The highest BCUT2D eigenvalue weighted by atomic mass is 16.5. The Morgan fingerprint density at radius 3 is 2.30 bits per heavy atom. The van der Waals surface area contributed by atoms with E-state index in [0.717, 1.165) is 26.1 Å². The van der Waals surface area contributed by atoms with Crippen molar-refractivity contribution in [1.82, 2.24) is 5.32 Å². The van der Waals surface area contributed by atoms with Gasteiger partial charge in [-0.2, -0.15) is 0 Å². The summed E-state index contributed by atoms with van der Waals surface area (Å²) >= 11 is 0. The summed E-state index contributed by atoms with van der Waals surface area (Å²) in [6.07, 6.45) is 2.14. The van der Waals surface area contributed by atoms with Crippen LogP contribution in [-0.2, 0) is 16.1 Å². The first-order valence-corrected chi connectivity index (χ1v) is 8.42. The lowest BCUT2D eigenvalue weighted by atomic mass is 10.0. The van der Waals surface area contributed by atoms with Gasteiger partial charge in [-0.1, -0.05) is 60.7 Å². The van der Waals surface area contributed by atoms with Gasteiger partial charge in [0.05, 0.1) is 19.3 Å². The zero-order valence-corrected chi connectivity index (χ0v) is 13.5. The molecule has 1 N–H and O–H groups in total. The van der Waals surface area contributed by atoms with Crippen molar-refractivity contribution in [1.29, 1.82) is 0 Å². The van der Waals surface area contributed by atoms with E-state index in [1.165, 1.54) is 11.1 Å². The van der Waals surface area contributed by atoms with E-state index in [0.29, 0.717) is 19.3 Å². The van der Waals surface area contributed by atoms with E-state index in [1.807, 2.05) is 18.2 Å². The Morgan fingerprint density at radius 2 is 1.61 bits per heavy atom. The predicted molar refractivity (Wildman–Crippen MR) is 92.3 cm³/mol. The van der Waals surface area contributed by atoms with E-state index >= 15 is 0 Å². The third-order valence-electron chi connectivity index (χ3n) is 4.26. The molecule has 1 fully saturated rings. The first-order valence-electron chi connectivity index (χ1n) is 8.42. The topological polar surface area (TPSA) is 30.5 Å². The summed E-state index contributed by atoms with van der Waals surface area (Å²) in [5, 5.41) is 3.75. The first kappa shape index (κ1) is 16.2. The summed E-state index contributed by atoms with van der Waals surface area (Å²) in [5.41, 5.74) is 2.50. The molecule has 0 amide bonds. The van der Waals surface area contributed by atoms with Crippen LogP contribution in [0.5, 0.6) is 0 Å². The van der Waals surface area contributed by atoms with Crippen LogP contribution in [0.25, 0.3) is 0 Å². The Bertz CT molecular complexity index is 552. The monoisotopic (exact) mass is 311 g/mol. The Labute approximate surface area is 138 Å². The van der Waals surface area contributed by atoms with Crippen LogP contribution in [-0.4, -0.2) is 25.9 Å². The molecule has 1 aliphatic heterocycles. The molecule has 3 nitrogen and oxygen atoms in total. The molecule has 0 aromatic heterocycles. The van der Waals surface area contributed by atoms with Gasteiger partial charge in [0.1, 0.15) is 0 Å². The lowest BCUT2D eigenvalue weighted by molar-refractivity contribution is 0.0594. The van der Waals surface area contributed by atoms with Gasteiger partial charge >= 0.3 is 0 Å². The lowest BCUT2D eigenvalue weighted by Gasteiger charge is -2.29. The fraction of sp³-hybridized carbons (Fsp3) is 0.400. The minimum atomic E-state index is 0.225. The normalized spacial score (nSPS) is 17.0. The molecule has 0 bridgehead atoms. The minimum Gasteiger partial charge on any atom is -0.381 e. The van der Waals surface area contributed by atoms with Gasteiger partial charge in [-0.15, -0.1) is 0 Å². The summed E-state index contributed by atoms with van der Waals surface area (Å²) in [6.45, 7) is 3.03. The van der Waals surface area contributed by atoms with Crippen LogP contribution in [0.15, 0.2) is 60.7 Å². The average Bonchev–Trinajstić information content (AvgIpc) is 2.63. The van der Waals surface area contributed by atoms with Gasteiger partial charge in [0.2, 0.25) is 0 Å². The van der Waals surface area contributed by atoms with Gasteiger partial charge in [-0.3, -0.25) is 0 Å². The highest BCUT2D eigenvalue weighted by molar-refractivity contribution is 5.19. The van der Waals surface area contributed by atoms with Crippen LogP contribution in [0.2, 0.25) is 0 Å². The van der Waals surface area contributed by atoms with Crippen molar-refractivity contribution in [3.05, 3.63) is 71.8 Å². The third kappa shape index (κ3) is 5.17. The molecule has 0 saturated carbocycles. The molecule has 0 radical (unpaired) electrons. The van der Waals surface area contributed by atoms with Gasteiger partial charge in [0.15, 0.2) is 0 Å². The maximum atomic E-state index is 5.98. The number of hydrogen-bond acceptors (Lipinski definition) is 3. The SMILES string of the molecule is c1ccc(COC[C@@H](NC2CCOCC2)c2ccccc2)cc1. The summed E-state index contributed by atoms with van der Waals surface area (Å²) < 4.78 is 11.4. The molecule has 1 heterocycles. The molecular weight excluding hydrogens is 286 g/mol. The largest absolute Gasteiger partial charge is 0.381 e. The predicted octanol–water partition coefficient (Wildman–Crippen LogP) is 3.71. The van der Waals surface area contributed by atoms with Crippen molar-refractivity contribution in [3.63, 3.8) is 0 Å². The summed E-state index contributed by atoms with van der Waals surface area (Å²) in [4.78, 5) is 0. The van der Waals surface area contributed by atoms with Crippen LogP contribution in [0.4, 0.5) is 0 Å². The van der Waals surface area contributed by atoms with Crippen molar-refractivity contribution in [2.24, 2.45) is 0 Å². The van der Waals surface area contributed by atoms with E-state index < -0.39 is 0 Å². The van der Waals surface area contributed by atoms with E-state index in [-0.39, 0.29) is 6.04 Å². The molecule has 122 valence electrons. The number of hydrogen-bond donors (Lipinski definition) is 1. The molecule has 3 rings (SSSR count). The molecule has 0 spiro atoms. The molecule has 1 atom stereocenters. The van der Waals surface area contributed by atoms with Crippen LogP contribution in [0.1, 0.15) is 30.0 Å². The maximum absolute atomic E-state index is 5.98. The lowest BCUT2D eigenvalue weighted by Crippen LogP contribution is -2.39. The van der Waals surface area contributed by atoms with Crippen molar-refractivity contribution in [2.75, 3.05) is 19.8 Å². The molecule has 0 unspecified atom stereocenters. The number of rotatable bonds is 7. The zero-order chi connectivity index (χ0) is 15.7. The number of ether oxygens (including phenoxy) is 2. The standard InChI is InChI=1S/C20H25NO2/c1-3-7-17(8-4-1)15-23-16-20(18-9-5-2-6-10-18)21-19-11-13-22-14-12-19/h1-10,19-21H,11-16H2/t20-/m1/s1. The van der Waals surface area contributed by atoms with Crippen LogP contribution >= 0.6 is 0 Å². The van der Waals surface area contributed by atoms with Gasteiger partial charge in [-0.05, 0) is 24.0 Å². The third-order valence-corrected chi connectivity index (χ3v) is 4.26. The second kappa shape index (κ2) is 8.82. The number of benzene rings is 2. The van der Waals surface area contributed by atoms with Crippen LogP contribution in [0, 0.1) is 0 Å². The summed E-state index contributed by atoms with van der Waals surface area (Å²) in [5.74, 6) is 0. The van der Waals surface area contributed by atoms with Gasteiger partial charge in [0, 0.05) is 19.3 Å². The summed E-state index contributed by atoms with van der Waals surface area (Å²) in [6, 6.07) is 21.6. The van der Waals surface area contributed by atoms with Crippen LogP contribution in [0.3, 0.4) is 0 Å². The minimum absolute atomic E-state index is 0.225. The molecule has 23 heavy (non-hydrogen) atoms. The Morgan fingerprint density at radius 1 is 0.957 bits per heavy atom. The van der Waals surface area contributed by atoms with Gasteiger partial charge in [0.25, 0.3) is 0 Å². The fourth-order valence-corrected chi connectivity index (χ4v) is 2.94. The second-order valence-corrected chi connectivity index (χ2v) is 6.02. The molecule has 2 aromatic carbocycles. The number of nitrogens with one attached hydrogen (secondary N) is 1. The van der Waals surface area contributed by atoms with Crippen molar-refractivity contribution in [3.8, 4) is 0 Å². The van der Waals surface area contributed by atoms with E-state index in [2.05, 4.69) is 47.8 Å². The quantitative estimate of drug-likeness (QED) is 0.845. The summed E-state index contributed by atoms with van der Waals surface area (Å²) in [7, 11) is 0. The molecule has 2 aromatic rings. The smallest absolute Gasteiger partial charge is 0.0717 e. The average molecular weight is 311 g/mol. The van der Waals surface area contributed by atoms with E-state index in [9.17, 15) is 0 Å². The fourth-order valence-electron chi connectivity index (χ4n) is 2.94. The molecule has 1 aliphatic rings. The maximum Gasteiger partial charge on any atom is 0.0717 e. The second-order valence-electron chi connectivity index (χ2n) is 6.02. The molecular formula is C20H25NO2. The van der Waals surface area contributed by atoms with Crippen molar-refractivity contribution < 1.29 is 9.47 Å². The van der Waals surface area contributed by atoms with Gasteiger partial charge < -0.3 is 14.8 Å². The molecule has 0 aliphatic carbocycles. The Balaban J connectivity index is 1.58. The first-order chi connectivity index (χ1) is 11.4. The van der Waals surface area contributed by atoms with Crippen LogP contribution < -0.4 is 5.32 Å². The Kier molecular flexibility index (Phi) is 6.21. The van der Waals surface area contributed by atoms with Crippen molar-refractivity contribution in [2.45, 2.75) is 31.5 Å². The highest BCUT2D eigenvalue weighted by Gasteiger charge is 2.19. The van der Waals surface area contributed by atoms with E-state index in [4.69, 9.17) is 9.47 Å². The highest BCUT2D eigenvalue weighted by Crippen LogP contribution is 2.18. The Hall–Kier alpha value is -1.68. The zero-order valence-electron chi connectivity index (χ0n) is 13.5.